The molecule has 5 heteroatoms. The van der Waals surface area contributed by atoms with Crippen molar-refractivity contribution in [3.05, 3.63) is 47.4 Å². The van der Waals surface area contributed by atoms with Crippen LogP contribution in [0.1, 0.15) is 38.0 Å². The quantitative estimate of drug-likeness (QED) is 0.901. The highest BCUT2D eigenvalue weighted by atomic mass is 19.1. The molecule has 0 atom stereocenters. The lowest BCUT2D eigenvalue weighted by atomic mass is 10.1. The van der Waals surface area contributed by atoms with E-state index in [-0.39, 0.29) is 11.4 Å². The molecule has 1 aromatic carbocycles. The molecule has 0 aliphatic heterocycles. The molecule has 0 amide bonds. The van der Waals surface area contributed by atoms with Gasteiger partial charge in [0.1, 0.15) is 5.82 Å². The maximum Gasteiger partial charge on any atom is 0.246 e. The number of nitrogens with zero attached hydrogens (tertiary/aromatic N) is 2. The Kier molecular flexibility index (Phi) is 3.95. The third kappa shape index (κ3) is 3.38. The fourth-order valence-electron chi connectivity index (χ4n) is 1.93. The summed E-state index contributed by atoms with van der Waals surface area (Å²) in [5, 5.41) is 7.21. The molecule has 0 bridgehead atoms. The molecular formula is C14H18FN3O. The van der Waals surface area contributed by atoms with E-state index in [2.05, 4.69) is 15.5 Å². The summed E-state index contributed by atoms with van der Waals surface area (Å²) in [7, 11) is 0. The first-order valence-corrected chi connectivity index (χ1v) is 6.34. The van der Waals surface area contributed by atoms with Gasteiger partial charge in [0, 0.05) is 6.42 Å². The number of hydrogen-bond donors (Lipinski definition) is 1. The number of benzene rings is 1. The van der Waals surface area contributed by atoms with Gasteiger partial charge in [-0.2, -0.15) is 4.98 Å². The van der Waals surface area contributed by atoms with Gasteiger partial charge in [-0.1, -0.05) is 24.2 Å². The lowest BCUT2D eigenvalue weighted by Gasteiger charge is -2.20. The molecule has 0 saturated carbocycles. The first-order valence-electron chi connectivity index (χ1n) is 6.34. The molecule has 2 aromatic rings. The third-order valence-corrected chi connectivity index (χ3v) is 2.87. The Balaban J connectivity index is 2.13. The van der Waals surface area contributed by atoms with Gasteiger partial charge in [-0.15, -0.1) is 0 Å². The molecule has 0 saturated heterocycles. The van der Waals surface area contributed by atoms with Gasteiger partial charge in [-0.25, -0.2) is 4.39 Å². The van der Waals surface area contributed by atoms with Crippen molar-refractivity contribution < 1.29 is 8.91 Å². The van der Waals surface area contributed by atoms with E-state index >= 15 is 0 Å². The van der Waals surface area contributed by atoms with E-state index in [1.54, 1.807) is 6.07 Å². The van der Waals surface area contributed by atoms with Gasteiger partial charge in [0.2, 0.25) is 5.89 Å². The molecule has 0 aliphatic carbocycles. The van der Waals surface area contributed by atoms with Crippen molar-refractivity contribution in [2.75, 3.05) is 6.54 Å². The minimum absolute atomic E-state index is 0.255. The average molecular weight is 263 g/mol. The summed E-state index contributed by atoms with van der Waals surface area (Å²) in [5.41, 5.74) is 0.468. The van der Waals surface area contributed by atoms with Gasteiger partial charge in [-0.05, 0) is 38.1 Å². The molecule has 1 aromatic heterocycles. The molecule has 1 N–H and O–H groups in total. The monoisotopic (exact) mass is 263 g/mol. The molecule has 0 unspecified atom stereocenters. The molecule has 2 rings (SSSR count). The van der Waals surface area contributed by atoms with Crippen molar-refractivity contribution in [2.45, 2.75) is 32.7 Å². The van der Waals surface area contributed by atoms with Gasteiger partial charge in [0.25, 0.3) is 0 Å². The molecule has 1 heterocycles. The number of aromatic nitrogens is 2. The van der Waals surface area contributed by atoms with Crippen molar-refractivity contribution in [1.29, 1.82) is 0 Å². The Morgan fingerprint density at radius 2 is 2.16 bits per heavy atom. The van der Waals surface area contributed by atoms with E-state index in [4.69, 9.17) is 4.52 Å². The molecule has 0 radical (unpaired) electrons. The van der Waals surface area contributed by atoms with Gasteiger partial charge in [0.05, 0.1) is 5.54 Å². The van der Waals surface area contributed by atoms with E-state index in [9.17, 15) is 4.39 Å². The molecule has 0 aliphatic rings. The lowest BCUT2D eigenvalue weighted by Crippen LogP contribution is -2.36. The first kappa shape index (κ1) is 13.7. The van der Waals surface area contributed by atoms with Gasteiger partial charge in [0.15, 0.2) is 5.82 Å². The van der Waals surface area contributed by atoms with Crippen LogP contribution in [0.3, 0.4) is 0 Å². The summed E-state index contributed by atoms with van der Waals surface area (Å²) in [6.45, 7) is 6.80. The molecular weight excluding hydrogens is 245 g/mol. The summed E-state index contributed by atoms with van der Waals surface area (Å²) in [6, 6.07) is 6.41. The highest BCUT2D eigenvalue weighted by Gasteiger charge is 2.26. The fraction of sp³-hybridized carbons (Fsp3) is 0.429. The zero-order chi connectivity index (χ0) is 13.9. The second kappa shape index (κ2) is 5.48. The van der Waals surface area contributed by atoms with E-state index in [0.29, 0.717) is 18.1 Å². The summed E-state index contributed by atoms with van der Waals surface area (Å²) in [6.07, 6.45) is 0.462. The number of nitrogens with one attached hydrogen (secondary N) is 1. The first-order chi connectivity index (χ1) is 9.01. The van der Waals surface area contributed by atoms with Crippen LogP contribution < -0.4 is 5.32 Å². The van der Waals surface area contributed by atoms with E-state index < -0.39 is 0 Å². The standard InChI is InChI=1S/C14H18FN3O/c1-4-16-14(2,3)13-17-12(18-19-13)9-10-6-5-7-11(15)8-10/h5-8,16H,4,9H2,1-3H3. The van der Waals surface area contributed by atoms with Crippen LogP contribution in [-0.2, 0) is 12.0 Å². The van der Waals surface area contributed by atoms with Gasteiger partial charge >= 0.3 is 0 Å². The van der Waals surface area contributed by atoms with Crippen molar-refractivity contribution >= 4 is 0 Å². The minimum atomic E-state index is -0.359. The average Bonchev–Trinajstić information content (AvgIpc) is 2.78. The summed E-state index contributed by atoms with van der Waals surface area (Å²) in [5.74, 6) is 0.849. The Bertz CT molecular complexity index is 551. The zero-order valence-corrected chi connectivity index (χ0v) is 11.4. The number of rotatable bonds is 5. The van der Waals surface area contributed by atoms with Crippen LogP contribution in [0, 0.1) is 5.82 Å². The Hall–Kier alpha value is -1.75. The van der Waals surface area contributed by atoms with Crippen LogP contribution in [0.15, 0.2) is 28.8 Å². The summed E-state index contributed by atoms with van der Waals surface area (Å²) in [4.78, 5) is 4.36. The molecule has 102 valence electrons. The normalized spacial score (nSPS) is 11.8. The van der Waals surface area contributed by atoms with Crippen molar-refractivity contribution in [2.24, 2.45) is 0 Å². The predicted molar refractivity (Wildman–Crippen MR) is 70.2 cm³/mol. The third-order valence-electron chi connectivity index (χ3n) is 2.87. The van der Waals surface area contributed by atoms with Crippen LogP contribution in [-0.4, -0.2) is 16.7 Å². The smallest absolute Gasteiger partial charge is 0.246 e. The second-order valence-corrected chi connectivity index (χ2v) is 4.98. The maximum atomic E-state index is 13.1. The van der Waals surface area contributed by atoms with Crippen molar-refractivity contribution in [3.63, 3.8) is 0 Å². The topological polar surface area (TPSA) is 51.0 Å². The van der Waals surface area contributed by atoms with Gasteiger partial charge in [-0.3, -0.25) is 0 Å². The van der Waals surface area contributed by atoms with E-state index in [0.717, 1.165) is 12.1 Å². The largest absolute Gasteiger partial charge is 0.337 e. The van der Waals surface area contributed by atoms with Crippen LogP contribution in [0.4, 0.5) is 4.39 Å². The van der Waals surface area contributed by atoms with E-state index in [1.807, 2.05) is 26.8 Å². The molecule has 0 spiro atoms. The molecule has 0 fully saturated rings. The highest BCUT2D eigenvalue weighted by Crippen LogP contribution is 2.18. The Labute approximate surface area is 112 Å². The van der Waals surface area contributed by atoms with Crippen LogP contribution >= 0.6 is 0 Å². The predicted octanol–water partition coefficient (Wildman–Crippen LogP) is 2.64. The fourth-order valence-corrected chi connectivity index (χ4v) is 1.93. The zero-order valence-electron chi connectivity index (χ0n) is 11.4. The van der Waals surface area contributed by atoms with Crippen LogP contribution in [0.5, 0.6) is 0 Å². The maximum absolute atomic E-state index is 13.1. The van der Waals surface area contributed by atoms with Crippen LogP contribution in [0.2, 0.25) is 0 Å². The summed E-state index contributed by atoms with van der Waals surface area (Å²) < 4.78 is 18.4. The SMILES string of the molecule is CCNC(C)(C)c1nc(Cc2cccc(F)c2)no1. The summed E-state index contributed by atoms with van der Waals surface area (Å²) >= 11 is 0. The minimum Gasteiger partial charge on any atom is -0.337 e. The van der Waals surface area contributed by atoms with Crippen molar-refractivity contribution in [1.82, 2.24) is 15.5 Å². The Morgan fingerprint density at radius 1 is 1.37 bits per heavy atom. The van der Waals surface area contributed by atoms with Crippen molar-refractivity contribution in [3.8, 4) is 0 Å². The van der Waals surface area contributed by atoms with Crippen LogP contribution in [0.25, 0.3) is 0 Å². The second-order valence-electron chi connectivity index (χ2n) is 4.98. The number of halogens is 1. The Morgan fingerprint density at radius 3 is 2.84 bits per heavy atom. The van der Waals surface area contributed by atoms with Gasteiger partial charge < -0.3 is 9.84 Å². The highest BCUT2D eigenvalue weighted by molar-refractivity contribution is 5.20. The molecule has 4 nitrogen and oxygen atoms in total. The lowest BCUT2D eigenvalue weighted by molar-refractivity contribution is 0.271. The van der Waals surface area contributed by atoms with E-state index in [1.165, 1.54) is 12.1 Å². The number of hydrogen-bond acceptors (Lipinski definition) is 4. The molecule has 19 heavy (non-hydrogen) atoms.